The third-order valence-electron chi connectivity index (χ3n) is 2.88. The van der Waals surface area contributed by atoms with E-state index in [4.69, 9.17) is 5.73 Å². The molecule has 2 aromatic heterocycles. The van der Waals surface area contributed by atoms with Crippen molar-refractivity contribution < 1.29 is 0 Å². The molecule has 0 radical (unpaired) electrons. The van der Waals surface area contributed by atoms with Crippen LogP contribution in [0.15, 0.2) is 27.1 Å². The fraction of sp³-hybridized carbons (Fsp3) is 0.364. The van der Waals surface area contributed by atoms with Crippen LogP contribution >= 0.6 is 11.8 Å². The van der Waals surface area contributed by atoms with Crippen molar-refractivity contribution in [3.8, 4) is 0 Å². The molecule has 3 N–H and O–H groups in total. The first-order chi connectivity index (χ1) is 8.65. The Bertz CT molecular complexity index is 643. The maximum atomic E-state index is 11.6. The van der Waals surface area contributed by atoms with E-state index in [1.807, 2.05) is 19.1 Å². The predicted molar refractivity (Wildman–Crippen MR) is 68.6 cm³/mol. The minimum absolute atomic E-state index is 0.146. The van der Waals surface area contributed by atoms with Crippen molar-refractivity contribution in [3.63, 3.8) is 0 Å². The largest absolute Gasteiger partial charge is 0.397 e. The quantitative estimate of drug-likeness (QED) is 0.872. The van der Waals surface area contributed by atoms with Crippen LogP contribution in [-0.2, 0) is 0 Å². The Hall–Kier alpha value is -1.76. The second-order valence-electron chi connectivity index (χ2n) is 4.34. The number of nitrogens with zero attached hydrogens (tertiary/aromatic N) is 3. The Morgan fingerprint density at radius 3 is 2.94 bits per heavy atom. The third-order valence-corrected chi connectivity index (χ3v) is 3.79. The summed E-state index contributed by atoms with van der Waals surface area (Å²) in [6.45, 7) is 1.86. The molecule has 0 bridgehead atoms. The fourth-order valence-corrected chi connectivity index (χ4v) is 2.64. The van der Waals surface area contributed by atoms with E-state index >= 15 is 0 Å². The van der Waals surface area contributed by atoms with Gasteiger partial charge in [0.05, 0.1) is 11.4 Å². The average Bonchev–Trinajstić information content (AvgIpc) is 3.10. The average molecular weight is 263 g/mol. The van der Waals surface area contributed by atoms with Gasteiger partial charge in [-0.05, 0) is 43.7 Å². The minimum Gasteiger partial charge on any atom is -0.397 e. The first-order valence-electron chi connectivity index (χ1n) is 5.73. The summed E-state index contributed by atoms with van der Waals surface area (Å²) in [6.07, 6.45) is 2.09. The van der Waals surface area contributed by atoms with Crippen molar-refractivity contribution in [2.75, 3.05) is 5.73 Å². The molecule has 0 amide bonds. The number of hydrogen-bond donors (Lipinski definition) is 2. The van der Waals surface area contributed by atoms with E-state index in [1.165, 1.54) is 11.8 Å². The normalized spacial score (nSPS) is 14.9. The number of aryl methyl sites for hydroxylation is 1. The van der Waals surface area contributed by atoms with Gasteiger partial charge in [0, 0.05) is 6.04 Å². The number of hydrogen-bond acceptors (Lipinski definition) is 5. The second-order valence-corrected chi connectivity index (χ2v) is 5.33. The maximum Gasteiger partial charge on any atom is 0.344 e. The Balaban J connectivity index is 1.92. The summed E-state index contributed by atoms with van der Waals surface area (Å²) in [7, 11) is 0. The Morgan fingerprint density at radius 2 is 2.28 bits per heavy atom. The SMILES string of the molecule is Cc1nc(Sc2n[nH]c(=O)n2C2CC2)ccc1N. The lowest BCUT2D eigenvalue weighted by Gasteiger charge is -2.04. The zero-order valence-corrected chi connectivity index (χ0v) is 10.7. The zero-order valence-electron chi connectivity index (χ0n) is 9.88. The van der Waals surface area contributed by atoms with E-state index < -0.39 is 0 Å². The number of nitrogen functional groups attached to an aromatic ring is 1. The maximum absolute atomic E-state index is 11.6. The molecule has 1 aliphatic rings. The molecular formula is C11H13N5OS. The summed E-state index contributed by atoms with van der Waals surface area (Å²) in [5.74, 6) is 0. The summed E-state index contributed by atoms with van der Waals surface area (Å²) < 4.78 is 1.71. The molecule has 18 heavy (non-hydrogen) atoms. The predicted octanol–water partition coefficient (Wildman–Crippen LogP) is 1.34. The van der Waals surface area contributed by atoms with Gasteiger partial charge in [0.15, 0.2) is 5.16 Å². The topological polar surface area (TPSA) is 89.6 Å². The lowest BCUT2D eigenvalue weighted by molar-refractivity contribution is 0.642. The van der Waals surface area contributed by atoms with E-state index in [0.717, 1.165) is 23.6 Å². The number of pyridine rings is 1. The van der Waals surface area contributed by atoms with Crippen molar-refractivity contribution in [1.29, 1.82) is 0 Å². The van der Waals surface area contributed by atoms with Gasteiger partial charge >= 0.3 is 5.69 Å². The van der Waals surface area contributed by atoms with E-state index in [9.17, 15) is 4.79 Å². The van der Waals surface area contributed by atoms with Crippen molar-refractivity contribution in [1.82, 2.24) is 19.7 Å². The van der Waals surface area contributed by atoms with E-state index in [0.29, 0.717) is 16.9 Å². The highest BCUT2D eigenvalue weighted by Gasteiger charge is 2.28. The number of nitrogens with two attached hydrogens (primary N) is 1. The van der Waals surface area contributed by atoms with Crippen LogP contribution in [0.3, 0.4) is 0 Å². The molecule has 0 spiro atoms. The molecule has 1 saturated carbocycles. The van der Waals surface area contributed by atoms with Crippen LogP contribution in [0.25, 0.3) is 0 Å². The second kappa shape index (κ2) is 4.16. The molecule has 2 heterocycles. The number of nitrogens with one attached hydrogen (secondary N) is 1. The van der Waals surface area contributed by atoms with Gasteiger partial charge in [0.1, 0.15) is 5.03 Å². The Labute approximate surface area is 108 Å². The molecule has 0 saturated heterocycles. The van der Waals surface area contributed by atoms with Crippen LogP contribution in [0, 0.1) is 6.92 Å². The van der Waals surface area contributed by atoms with E-state index in [-0.39, 0.29) is 5.69 Å². The van der Waals surface area contributed by atoms with Crippen LogP contribution < -0.4 is 11.4 Å². The molecule has 0 atom stereocenters. The van der Waals surface area contributed by atoms with Crippen LogP contribution in [-0.4, -0.2) is 19.7 Å². The first-order valence-corrected chi connectivity index (χ1v) is 6.54. The molecule has 0 aliphatic heterocycles. The van der Waals surface area contributed by atoms with Gasteiger partial charge in [0.2, 0.25) is 0 Å². The van der Waals surface area contributed by atoms with Gasteiger partial charge in [-0.15, -0.1) is 5.10 Å². The highest BCUT2D eigenvalue weighted by molar-refractivity contribution is 7.99. The molecule has 0 unspecified atom stereocenters. The van der Waals surface area contributed by atoms with Crippen LogP contribution in [0.1, 0.15) is 24.6 Å². The summed E-state index contributed by atoms with van der Waals surface area (Å²) in [6, 6.07) is 3.95. The Morgan fingerprint density at radius 1 is 1.50 bits per heavy atom. The summed E-state index contributed by atoms with van der Waals surface area (Å²) in [5.41, 5.74) is 7.03. The van der Waals surface area contributed by atoms with Gasteiger partial charge in [-0.3, -0.25) is 4.57 Å². The van der Waals surface area contributed by atoms with Gasteiger partial charge in [-0.1, -0.05) is 0 Å². The van der Waals surface area contributed by atoms with Gasteiger partial charge in [-0.25, -0.2) is 14.9 Å². The van der Waals surface area contributed by atoms with Crippen molar-refractivity contribution in [3.05, 3.63) is 28.3 Å². The molecule has 1 aliphatic carbocycles. The monoisotopic (exact) mass is 263 g/mol. The number of aromatic nitrogens is 4. The van der Waals surface area contributed by atoms with Gasteiger partial charge in [-0.2, -0.15) is 0 Å². The third kappa shape index (κ3) is 2.01. The molecule has 3 rings (SSSR count). The van der Waals surface area contributed by atoms with Crippen molar-refractivity contribution >= 4 is 17.4 Å². The van der Waals surface area contributed by atoms with Crippen molar-refractivity contribution in [2.24, 2.45) is 0 Å². The highest BCUT2D eigenvalue weighted by atomic mass is 32.2. The van der Waals surface area contributed by atoms with Crippen LogP contribution in [0.2, 0.25) is 0 Å². The smallest absolute Gasteiger partial charge is 0.344 e. The first kappa shape index (κ1) is 11.3. The lowest BCUT2D eigenvalue weighted by Crippen LogP contribution is -2.16. The number of aromatic amines is 1. The number of anilines is 1. The Kier molecular flexibility index (Phi) is 2.62. The lowest BCUT2D eigenvalue weighted by atomic mass is 10.3. The molecule has 2 aromatic rings. The molecule has 1 fully saturated rings. The number of rotatable bonds is 3. The zero-order chi connectivity index (χ0) is 12.7. The fourth-order valence-electron chi connectivity index (χ4n) is 1.72. The van der Waals surface area contributed by atoms with Crippen molar-refractivity contribution in [2.45, 2.75) is 36.0 Å². The van der Waals surface area contributed by atoms with E-state index in [2.05, 4.69) is 15.2 Å². The van der Waals surface area contributed by atoms with Gasteiger partial charge in [0.25, 0.3) is 0 Å². The van der Waals surface area contributed by atoms with Crippen LogP contribution in [0.4, 0.5) is 5.69 Å². The molecule has 0 aromatic carbocycles. The number of H-pyrrole nitrogens is 1. The summed E-state index contributed by atoms with van der Waals surface area (Å²) >= 11 is 1.38. The minimum atomic E-state index is -0.146. The van der Waals surface area contributed by atoms with E-state index in [1.54, 1.807) is 4.57 Å². The standard InChI is InChI=1S/C11H13N5OS/c1-6-8(12)4-5-9(13-6)18-11-15-14-10(17)16(11)7-2-3-7/h4-5,7H,2-3,12H2,1H3,(H,14,17). The van der Waals surface area contributed by atoms with Gasteiger partial charge < -0.3 is 5.73 Å². The molecule has 7 heteroatoms. The summed E-state index contributed by atoms with van der Waals surface area (Å²) in [5, 5.41) is 7.99. The summed E-state index contributed by atoms with van der Waals surface area (Å²) in [4.78, 5) is 16.0. The molecule has 6 nitrogen and oxygen atoms in total. The highest BCUT2D eigenvalue weighted by Crippen LogP contribution is 2.37. The van der Waals surface area contributed by atoms with Crippen LogP contribution in [0.5, 0.6) is 0 Å². The molecular weight excluding hydrogens is 250 g/mol. The molecule has 94 valence electrons.